The Morgan fingerprint density at radius 1 is 1.55 bits per heavy atom. The van der Waals surface area contributed by atoms with Crippen molar-refractivity contribution in [2.75, 3.05) is 39.9 Å². The van der Waals surface area contributed by atoms with Crippen LogP contribution in [-0.2, 0) is 4.74 Å². The molecule has 1 aliphatic heterocycles. The summed E-state index contributed by atoms with van der Waals surface area (Å²) in [5, 5.41) is 2.91. The van der Waals surface area contributed by atoms with Crippen LogP contribution in [0, 0.1) is 0 Å². The lowest BCUT2D eigenvalue weighted by atomic mass is 10.2. The maximum atomic E-state index is 12.1. The molecule has 1 atom stereocenters. The fraction of sp³-hybridized carbons (Fsp3) is 0.533. The first-order chi connectivity index (χ1) is 9.69. The van der Waals surface area contributed by atoms with Gasteiger partial charge in [0.15, 0.2) is 0 Å². The summed E-state index contributed by atoms with van der Waals surface area (Å²) in [5.74, 6) is 0.622. The van der Waals surface area contributed by atoms with E-state index in [4.69, 9.17) is 9.47 Å². The lowest BCUT2D eigenvalue weighted by molar-refractivity contribution is -0.0175. The van der Waals surface area contributed by atoms with Crippen molar-refractivity contribution >= 4 is 5.91 Å². The lowest BCUT2D eigenvalue weighted by Crippen LogP contribution is -2.45. The molecule has 1 fully saturated rings. The van der Waals surface area contributed by atoms with E-state index in [9.17, 15) is 4.79 Å². The Kier molecular flexibility index (Phi) is 5.38. The van der Waals surface area contributed by atoms with Crippen molar-refractivity contribution in [1.82, 2.24) is 10.2 Å². The van der Waals surface area contributed by atoms with Crippen molar-refractivity contribution in [2.45, 2.75) is 13.0 Å². The molecular weight excluding hydrogens is 256 g/mol. The van der Waals surface area contributed by atoms with Gasteiger partial charge >= 0.3 is 0 Å². The molecule has 5 heteroatoms. The Balaban J connectivity index is 1.86. The zero-order chi connectivity index (χ0) is 14.4. The molecule has 1 aliphatic rings. The Bertz CT molecular complexity index is 450. The smallest absolute Gasteiger partial charge is 0.251 e. The number of nitrogens with zero attached hydrogens (tertiary/aromatic N) is 1. The minimum absolute atomic E-state index is 0.0628. The van der Waals surface area contributed by atoms with Crippen LogP contribution in [0.15, 0.2) is 24.3 Å². The number of carbonyl (C=O) groups excluding carboxylic acids is 1. The van der Waals surface area contributed by atoms with E-state index in [1.165, 1.54) is 0 Å². The number of hydrogen-bond donors (Lipinski definition) is 1. The fourth-order valence-electron chi connectivity index (χ4n) is 2.19. The Morgan fingerprint density at radius 2 is 2.40 bits per heavy atom. The summed E-state index contributed by atoms with van der Waals surface area (Å²) in [6.45, 7) is 5.55. The van der Waals surface area contributed by atoms with E-state index in [0.717, 1.165) is 19.7 Å². The topological polar surface area (TPSA) is 50.8 Å². The van der Waals surface area contributed by atoms with Crippen molar-refractivity contribution in [3.63, 3.8) is 0 Å². The molecule has 1 saturated heterocycles. The molecule has 1 N–H and O–H groups in total. The Hall–Kier alpha value is -1.59. The molecule has 1 aromatic carbocycles. The maximum absolute atomic E-state index is 12.1. The molecule has 0 saturated carbocycles. The summed E-state index contributed by atoms with van der Waals surface area (Å²) in [6, 6.07) is 7.21. The maximum Gasteiger partial charge on any atom is 0.251 e. The molecular formula is C15H22N2O3. The van der Waals surface area contributed by atoms with Gasteiger partial charge in [0.2, 0.25) is 0 Å². The molecule has 0 bridgehead atoms. The van der Waals surface area contributed by atoms with Gasteiger partial charge in [-0.1, -0.05) is 6.07 Å². The van der Waals surface area contributed by atoms with Gasteiger partial charge in [-0.15, -0.1) is 0 Å². The average molecular weight is 278 g/mol. The molecule has 1 heterocycles. The van der Waals surface area contributed by atoms with Gasteiger partial charge in [0.1, 0.15) is 5.75 Å². The molecule has 0 aliphatic carbocycles. The Morgan fingerprint density at radius 3 is 3.15 bits per heavy atom. The van der Waals surface area contributed by atoms with Gasteiger partial charge in [0.25, 0.3) is 5.91 Å². The molecule has 1 amide bonds. The molecule has 5 nitrogen and oxygen atoms in total. The highest BCUT2D eigenvalue weighted by Crippen LogP contribution is 2.13. The van der Waals surface area contributed by atoms with E-state index in [1.54, 1.807) is 12.1 Å². The molecule has 2 rings (SSSR count). The number of ether oxygens (including phenoxy) is 2. The molecule has 0 radical (unpaired) electrons. The van der Waals surface area contributed by atoms with Gasteiger partial charge in [0, 0.05) is 25.2 Å². The van der Waals surface area contributed by atoms with Crippen LogP contribution in [0.5, 0.6) is 5.75 Å². The van der Waals surface area contributed by atoms with E-state index < -0.39 is 0 Å². The predicted molar refractivity (Wildman–Crippen MR) is 77.2 cm³/mol. The van der Waals surface area contributed by atoms with Gasteiger partial charge < -0.3 is 19.7 Å². The van der Waals surface area contributed by atoms with Crippen molar-refractivity contribution in [2.24, 2.45) is 0 Å². The highest BCUT2D eigenvalue weighted by molar-refractivity contribution is 5.94. The van der Waals surface area contributed by atoms with Crippen LogP contribution in [0.3, 0.4) is 0 Å². The van der Waals surface area contributed by atoms with E-state index in [1.807, 2.05) is 19.1 Å². The molecule has 0 spiro atoms. The van der Waals surface area contributed by atoms with Crippen LogP contribution >= 0.6 is 0 Å². The van der Waals surface area contributed by atoms with Gasteiger partial charge in [-0.3, -0.25) is 4.79 Å². The van der Waals surface area contributed by atoms with Crippen LogP contribution in [0.25, 0.3) is 0 Å². The molecule has 0 aromatic heterocycles. The third-order valence-electron chi connectivity index (χ3n) is 3.24. The molecule has 1 aromatic rings. The van der Waals surface area contributed by atoms with Crippen LogP contribution in [0.2, 0.25) is 0 Å². The van der Waals surface area contributed by atoms with Crippen molar-refractivity contribution in [1.29, 1.82) is 0 Å². The number of carbonyl (C=O) groups is 1. The highest BCUT2D eigenvalue weighted by Gasteiger charge is 2.18. The third-order valence-corrected chi connectivity index (χ3v) is 3.24. The highest BCUT2D eigenvalue weighted by atomic mass is 16.5. The minimum atomic E-state index is -0.0941. The van der Waals surface area contributed by atoms with Crippen molar-refractivity contribution in [3.05, 3.63) is 29.8 Å². The second-order valence-corrected chi connectivity index (χ2v) is 4.93. The summed E-state index contributed by atoms with van der Waals surface area (Å²) >= 11 is 0. The SMILES string of the molecule is CCOc1cccc(C(=O)NC[C@@H]2CN(C)CCO2)c1. The van der Waals surface area contributed by atoms with Crippen molar-refractivity contribution in [3.8, 4) is 5.75 Å². The van der Waals surface area contributed by atoms with Gasteiger partial charge in [-0.25, -0.2) is 0 Å². The van der Waals surface area contributed by atoms with E-state index >= 15 is 0 Å². The van der Waals surface area contributed by atoms with E-state index in [0.29, 0.717) is 24.5 Å². The van der Waals surface area contributed by atoms with Crippen LogP contribution in [0.1, 0.15) is 17.3 Å². The number of morpholine rings is 1. The fourth-order valence-corrected chi connectivity index (χ4v) is 2.19. The van der Waals surface area contributed by atoms with Gasteiger partial charge in [0.05, 0.1) is 19.3 Å². The largest absolute Gasteiger partial charge is 0.494 e. The van der Waals surface area contributed by atoms with Crippen molar-refractivity contribution < 1.29 is 14.3 Å². The normalized spacial score (nSPS) is 19.6. The number of hydrogen-bond acceptors (Lipinski definition) is 4. The van der Waals surface area contributed by atoms with Gasteiger partial charge in [-0.05, 0) is 32.2 Å². The standard InChI is InChI=1S/C15H22N2O3/c1-3-19-13-6-4-5-12(9-13)15(18)16-10-14-11-17(2)7-8-20-14/h4-6,9,14H,3,7-8,10-11H2,1-2H3,(H,16,18)/t14-/m1/s1. The summed E-state index contributed by atoms with van der Waals surface area (Å²) in [4.78, 5) is 14.3. The quantitative estimate of drug-likeness (QED) is 0.877. The number of likely N-dealkylation sites (N-methyl/N-ethyl adjacent to an activating group) is 1. The monoisotopic (exact) mass is 278 g/mol. The second-order valence-electron chi connectivity index (χ2n) is 4.93. The van der Waals surface area contributed by atoms with Crippen LogP contribution < -0.4 is 10.1 Å². The summed E-state index contributed by atoms with van der Waals surface area (Å²) in [6.07, 6.45) is 0.0628. The van der Waals surface area contributed by atoms with Crippen LogP contribution in [0.4, 0.5) is 0 Å². The zero-order valence-corrected chi connectivity index (χ0v) is 12.1. The average Bonchev–Trinajstić information content (AvgIpc) is 2.45. The number of nitrogens with one attached hydrogen (secondary N) is 1. The Labute approximate surface area is 119 Å². The first-order valence-corrected chi connectivity index (χ1v) is 7.00. The first-order valence-electron chi connectivity index (χ1n) is 7.00. The number of amides is 1. The summed E-state index contributed by atoms with van der Waals surface area (Å²) < 4.78 is 11.0. The number of benzene rings is 1. The molecule has 110 valence electrons. The van der Waals surface area contributed by atoms with E-state index in [2.05, 4.69) is 17.3 Å². The van der Waals surface area contributed by atoms with Gasteiger partial charge in [-0.2, -0.15) is 0 Å². The summed E-state index contributed by atoms with van der Waals surface area (Å²) in [5.41, 5.74) is 0.611. The first kappa shape index (κ1) is 14.8. The van der Waals surface area contributed by atoms with Crippen LogP contribution in [-0.4, -0.2) is 56.8 Å². The predicted octanol–water partition coefficient (Wildman–Crippen LogP) is 1.15. The minimum Gasteiger partial charge on any atom is -0.494 e. The second kappa shape index (κ2) is 7.26. The molecule has 20 heavy (non-hydrogen) atoms. The lowest BCUT2D eigenvalue weighted by Gasteiger charge is -2.30. The number of rotatable bonds is 5. The zero-order valence-electron chi connectivity index (χ0n) is 12.1. The third kappa shape index (κ3) is 4.21. The summed E-state index contributed by atoms with van der Waals surface area (Å²) in [7, 11) is 2.06. The molecule has 0 unspecified atom stereocenters. The van der Waals surface area contributed by atoms with E-state index in [-0.39, 0.29) is 12.0 Å².